The zero-order chi connectivity index (χ0) is 34.5. The van der Waals surface area contributed by atoms with Crippen LogP contribution in [0.1, 0.15) is 127 Å². The van der Waals surface area contributed by atoms with Gasteiger partial charge in [0.1, 0.15) is 0 Å². The Morgan fingerprint density at radius 2 is 1.58 bits per heavy atom. The molecule has 4 nitrogen and oxygen atoms in total. The van der Waals surface area contributed by atoms with Crippen LogP contribution in [0, 0.1) is 56.2 Å². The first-order valence-electron chi connectivity index (χ1n) is 18.6. The first-order valence-corrected chi connectivity index (χ1v) is 19.4. The van der Waals surface area contributed by atoms with E-state index in [1.165, 1.54) is 41.7 Å². The van der Waals surface area contributed by atoms with Gasteiger partial charge in [-0.3, -0.25) is 4.79 Å². The fraction of sp³-hybridized carbons (Fsp3) is 0.628. The Bertz CT molecular complexity index is 1650. The van der Waals surface area contributed by atoms with Crippen LogP contribution in [0.15, 0.2) is 60.0 Å². The molecule has 5 heteroatoms. The van der Waals surface area contributed by atoms with Crippen molar-refractivity contribution in [2.24, 2.45) is 56.2 Å². The SMILES string of the molecule is C=C(C)[C@@H]1CC[C@]2(C(=O)NCc3cccs3)CC[C@@]3(C)[C@]4(C)CC[C@H]5C(C)(C)C(c6ccc(C(=O)O)cc6)=CC[C@]5(C)[C@H]4CC[C@]3(C)[C@@H]12. The van der Waals surface area contributed by atoms with Gasteiger partial charge in [0.15, 0.2) is 0 Å². The van der Waals surface area contributed by atoms with E-state index in [9.17, 15) is 14.7 Å². The van der Waals surface area contributed by atoms with Crippen LogP contribution in [-0.2, 0) is 11.3 Å². The van der Waals surface area contributed by atoms with Crippen molar-refractivity contribution in [2.75, 3.05) is 0 Å². The Morgan fingerprint density at radius 3 is 2.23 bits per heavy atom. The Labute approximate surface area is 292 Å². The molecule has 9 atom stereocenters. The number of carboxylic acids is 1. The van der Waals surface area contributed by atoms with Gasteiger partial charge in [0.05, 0.1) is 17.5 Å². The third kappa shape index (κ3) is 4.44. The van der Waals surface area contributed by atoms with E-state index in [1.807, 2.05) is 12.1 Å². The van der Waals surface area contributed by atoms with Gasteiger partial charge in [-0.2, -0.15) is 0 Å². The van der Waals surface area contributed by atoms with E-state index in [-0.39, 0.29) is 32.5 Å². The topological polar surface area (TPSA) is 66.4 Å². The van der Waals surface area contributed by atoms with Crippen LogP contribution in [0.4, 0.5) is 0 Å². The maximum absolute atomic E-state index is 14.5. The number of aromatic carboxylic acids is 1. The molecule has 0 aliphatic heterocycles. The number of fused-ring (bicyclic) bond motifs is 7. The predicted molar refractivity (Wildman–Crippen MR) is 197 cm³/mol. The number of carboxylic acid groups (broad SMARTS) is 1. The van der Waals surface area contributed by atoms with Crippen molar-refractivity contribution in [1.29, 1.82) is 0 Å². The molecule has 0 radical (unpaired) electrons. The molecule has 2 aromatic rings. The van der Waals surface area contributed by atoms with Crippen molar-refractivity contribution in [1.82, 2.24) is 5.32 Å². The zero-order valence-electron chi connectivity index (χ0n) is 30.4. The molecule has 48 heavy (non-hydrogen) atoms. The Kier molecular flexibility index (Phi) is 7.87. The lowest BCUT2D eigenvalue weighted by atomic mass is 9.29. The molecule has 0 bridgehead atoms. The van der Waals surface area contributed by atoms with Crippen LogP contribution in [0.25, 0.3) is 5.57 Å². The molecular weight excluding hydrogens is 611 g/mol. The van der Waals surface area contributed by atoms with E-state index >= 15 is 0 Å². The van der Waals surface area contributed by atoms with Gasteiger partial charge < -0.3 is 10.4 Å². The van der Waals surface area contributed by atoms with Gasteiger partial charge in [-0.15, -0.1) is 11.3 Å². The number of hydrogen-bond donors (Lipinski definition) is 2. The minimum Gasteiger partial charge on any atom is -0.478 e. The average Bonchev–Trinajstić information content (AvgIpc) is 3.70. The second-order valence-corrected chi connectivity index (χ2v) is 19.2. The number of carbonyl (C=O) groups excluding carboxylic acids is 1. The fourth-order valence-corrected chi connectivity index (χ4v) is 14.4. The zero-order valence-corrected chi connectivity index (χ0v) is 31.2. The van der Waals surface area contributed by atoms with Crippen molar-refractivity contribution in [2.45, 2.75) is 113 Å². The van der Waals surface area contributed by atoms with Gasteiger partial charge in [0.2, 0.25) is 5.91 Å². The summed E-state index contributed by atoms with van der Waals surface area (Å²) in [6.07, 6.45) is 12.6. The maximum Gasteiger partial charge on any atom is 0.335 e. The maximum atomic E-state index is 14.5. The van der Waals surface area contributed by atoms with Crippen LogP contribution < -0.4 is 5.32 Å². The summed E-state index contributed by atoms with van der Waals surface area (Å²) >= 11 is 1.72. The summed E-state index contributed by atoms with van der Waals surface area (Å²) in [5, 5.41) is 15.0. The van der Waals surface area contributed by atoms with Gasteiger partial charge in [-0.1, -0.05) is 78.0 Å². The van der Waals surface area contributed by atoms with Crippen molar-refractivity contribution in [3.8, 4) is 0 Å². The summed E-state index contributed by atoms with van der Waals surface area (Å²) < 4.78 is 0. The molecule has 1 aromatic heterocycles. The van der Waals surface area contributed by atoms with E-state index in [2.05, 4.69) is 84.0 Å². The molecule has 258 valence electrons. The number of benzene rings is 1. The Morgan fingerprint density at radius 1 is 0.896 bits per heavy atom. The van der Waals surface area contributed by atoms with Crippen molar-refractivity contribution in [3.63, 3.8) is 0 Å². The van der Waals surface area contributed by atoms with Crippen LogP contribution >= 0.6 is 11.3 Å². The monoisotopic (exact) mass is 667 g/mol. The summed E-state index contributed by atoms with van der Waals surface area (Å²) in [6.45, 7) is 22.9. The summed E-state index contributed by atoms with van der Waals surface area (Å²) in [4.78, 5) is 27.3. The predicted octanol–water partition coefficient (Wildman–Crippen LogP) is 10.8. The minimum atomic E-state index is -0.874. The highest BCUT2D eigenvalue weighted by molar-refractivity contribution is 7.09. The standard InChI is InChI=1S/C43H57NO3S/c1-27(2)31-15-22-43(37(47)44-26-30-10-9-25-48-30)24-23-42(8)40(6)20-17-33-38(3,4)32(28-11-13-29(14-12-28)36(45)46)16-19-39(33,5)34(40)18-21-41(42,7)35(31)43/h9-14,16,25,31,33-35H,1,15,17-24,26H2,2-8H3,(H,44,47)(H,45,46)/t31-,33-,34+,35+,39-,40+,41+,42-,43-/m0/s1. The third-order valence-electron chi connectivity index (χ3n) is 16.3. The van der Waals surface area contributed by atoms with E-state index in [0.29, 0.717) is 41.7 Å². The van der Waals surface area contributed by atoms with Crippen molar-refractivity contribution in [3.05, 3.63) is 76.0 Å². The lowest BCUT2D eigenvalue weighted by Crippen LogP contribution is -2.70. The number of rotatable bonds is 6. The Hall–Kier alpha value is -2.66. The molecule has 0 saturated heterocycles. The smallest absolute Gasteiger partial charge is 0.335 e. The van der Waals surface area contributed by atoms with Gasteiger partial charge in [-0.25, -0.2) is 4.79 Å². The number of hydrogen-bond acceptors (Lipinski definition) is 3. The summed E-state index contributed by atoms with van der Waals surface area (Å²) in [5.41, 5.74) is 4.36. The highest BCUT2D eigenvalue weighted by atomic mass is 32.1. The normalized spacial score (nSPS) is 41.2. The lowest BCUT2D eigenvalue weighted by molar-refractivity contribution is -0.261. The van der Waals surface area contributed by atoms with Crippen LogP contribution in [0.5, 0.6) is 0 Å². The van der Waals surface area contributed by atoms with E-state index in [0.717, 1.165) is 37.7 Å². The summed E-state index contributed by atoms with van der Waals surface area (Å²) in [6, 6.07) is 11.8. The first-order chi connectivity index (χ1) is 22.5. The van der Waals surface area contributed by atoms with Gasteiger partial charge in [-0.05, 0) is 150 Å². The molecule has 4 fully saturated rings. The number of thiophene rings is 1. The largest absolute Gasteiger partial charge is 0.478 e. The molecular formula is C43H57NO3S. The average molecular weight is 668 g/mol. The van der Waals surface area contributed by atoms with Crippen LogP contribution in [-0.4, -0.2) is 17.0 Å². The molecule has 4 saturated carbocycles. The Balaban J connectivity index is 1.24. The first kappa shape index (κ1) is 33.8. The quantitative estimate of drug-likeness (QED) is 0.301. The van der Waals surface area contributed by atoms with Gasteiger partial charge >= 0.3 is 5.97 Å². The molecule has 1 amide bonds. The van der Waals surface area contributed by atoms with E-state index < -0.39 is 5.97 Å². The second kappa shape index (κ2) is 11.2. The number of allylic oxidation sites excluding steroid dienone is 3. The van der Waals surface area contributed by atoms with Crippen molar-refractivity contribution >= 4 is 28.8 Å². The minimum absolute atomic E-state index is 0.0143. The van der Waals surface area contributed by atoms with Gasteiger partial charge in [0, 0.05) is 4.88 Å². The fourth-order valence-electron chi connectivity index (χ4n) is 13.8. The molecule has 0 spiro atoms. The van der Waals surface area contributed by atoms with Crippen LogP contribution in [0.2, 0.25) is 0 Å². The molecule has 7 rings (SSSR count). The third-order valence-corrected chi connectivity index (χ3v) is 17.2. The van der Waals surface area contributed by atoms with E-state index in [1.54, 1.807) is 23.5 Å². The highest BCUT2D eigenvalue weighted by Gasteiger charge is 2.75. The van der Waals surface area contributed by atoms with E-state index in [4.69, 9.17) is 0 Å². The number of carbonyl (C=O) groups is 2. The number of nitrogens with one attached hydrogen (secondary N) is 1. The van der Waals surface area contributed by atoms with Crippen molar-refractivity contribution < 1.29 is 14.7 Å². The lowest BCUT2D eigenvalue weighted by Gasteiger charge is -2.75. The highest BCUT2D eigenvalue weighted by Crippen LogP contribution is 2.81. The molecule has 5 aliphatic carbocycles. The molecule has 1 heterocycles. The summed E-state index contributed by atoms with van der Waals surface area (Å²) in [7, 11) is 0. The second-order valence-electron chi connectivity index (χ2n) is 18.2. The molecule has 2 N–H and O–H groups in total. The van der Waals surface area contributed by atoms with Gasteiger partial charge in [0.25, 0.3) is 0 Å². The summed E-state index contributed by atoms with van der Waals surface area (Å²) in [5.74, 6) is 1.28. The molecule has 5 aliphatic rings. The molecule has 1 aromatic carbocycles. The number of amides is 1. The molecule has 0 unspecified atom stereocenters. The van der Waals surface area contributed by atoms with Crippen LogP contribution in [0.3, 0.4) is 0 Å².